The SMILES string of the molecule is CC.Cc1ccc(Oc2nc(Br)cnc2N(C(=O)OC(C)(C)C)C(=O)OC(C)(C)C)cc1. The molecule has 0 saturated heterocycles. The summed E-state index contributed by atoms with van der Waals surface area (Å²) in [6.07, 6.45) is -0.566. The molecule has 2 amide bonds. The summed E-state index contributed by atoms with van der Waals surface area (Å²) >= 11 is 3.24. The fourth-order valence-electron chi connectivity index (χ4n) is 2.15. The van der Waals surface area contributed by atoms with E-state index < -0.39 is 23.4 Å². The van der Waals surface area contributed by atoms with Gasteiger partial charge in [0.1, 0.15) is 21.6 Å². The predicted octanol–water partition coefficient (Wildman–Crippen LogP) is 7.04. The van der Waals surface area contributed by atoms with Crippen LogP contribution in [0.15, 0.2) is 35.1 Å². The Labute approximate surface area is 198 Å². The quantitative estimate of drug-likeness (QED) is 0.437. The number of hydrogen-bond donors (Lipinski definition) is 0. The van der Waals surface area contributed by atoms with Crippen molar-refractivity contribution in [2.75, 3.05) is 4.90 Å². The standard InChI is InChI=1S/C21H26BrN3O5.C2H6/c1-13-8-10-14(11-9-13)28-17-16(23-12-15(22)24-17)25(18(26)29-20(2,3)4)19(27)30-21(5,6)7;1-2/h8-12H,1-7H3;1-2H3. The highest BCUT2D eigenvalue weighted by atomic mass is 79.9. The van der Waals surface area contributed by atoms with Gasteiger partial charge in [-0.1, -0.05) is 31.5 Å². The Balaban J connectivity index is 0.00000249. The number of rotatable bonds is 3. The summed E-state index contributed by atoms with van der Waals surface area (Å²) in [5, 5.41) is 0. The first-order valence-corrected chi connectivity index (χ1v) is 11.1. The molecule has 32 heavy (non-hydrogen) atoms. The molecular formula is C23H32BrN3O5. The highest BCUT2D eigenvalue weighted by Gasteiger charge is 2.36. The van der Waals surface area contributed by atoms with Crippen LogP contribution in [0.1, 0.15) is 61.0 Å². The van der Waals surface area contributed by atoms with Gasteiger partial charge in [0.2, 0.25) is 5.82 Å². The van der Waals surface area contributed by atoms with Crippen LogP contribution in [0.5, 0.6) is 11.6 Å². The summed E-state index contributed by atoms with van der Waals surface area (Å²) in [4.78, 5) is 34.9. The van der Waals surface area contributed by atoms with Crippen molar-refractivity contribution < 1.29 is 23.8 Å². The van der Waals surface area contributed by atoms with Crippen LogP contribution in [-0.2, 0) is 9.47 Å². The number of aryl methyl sites for hydroxylation is 1. The Hall–Kier alpha value is -2.68. The van der Waals surface area contributed by atoms with E-state index in [1.165, 1.54) is 6.20 Å². The van der Waals surface area contributed by atoms with Crippen LogP contribution in [0.25, 0.3) is 0 Å². The zero-order chi connectivity index (χ0) is 24.7. The number of hydrogen-bond acceptors (Lipinski definition) is 7. The molecule has 0 saturated carbocycles. The Kier molecular flexibility index (Phi) is 9.63. The summed E-state index contributed by atoms with van der Waals surface area (Å²) in [5.74, 6) is 0.245. The van der Waals surface area contributed by atoms with Crippen molar-refractivity contribution in [2.24, 2.45) is 0 Å². The fraction of sp³-hybridized carbons (Fsp3) is 0.478. The third-order valence-corrected chi connectivity index (χ3v) is 3.67. The topological polar surface area (TPSA) is 90.9 Å². The first-order valence-electron chi connectivity index (χ1n) is 10.3. The molecule has 2 aromatic rings. The van der Waals surface area contributed by atoms with E-state index in [-0.39, 0.29) is 11.7 Å². The van der Waals surface area contributed by atoms with Gasteiger partial charge in [0.05, 0.1) is 6.20 Å². The van der Waals surface area contributed by atoms with Crippen LogP contribution in [0.3, 0.4) is 0 Å². The summed E-state index contributed by atoms with van der Waals surface area (Å²) in [6.45, 7) is 16.1. The average molecular weight is 510 g/mol. The first kappa shape index (κ1) is 27.4. The number of anilines is 1. The largest absolute Gasteiger partial charge is 0.443 e. The van der Waals surface area contributed by atoms with E-state index in [9.17, 15) is 9.59 Å². The number of amides is 2. The minimum Gasteiger partial charge on any atom is -0.443 e. The van der Waals surface area contributed by atoms with Gasteiger partial charge in [-0.25, -0.2) is 19.6 Å². The molecule has 1 aromatic heterocycles. The highest BCUT2D eigenvalue weighted by molar-refractivity contribution is 9.10. The zero-order valence-corrected chi connectivity index (χ0v) is 21.7. The number of aromatic nitrogens is 2. The molecular weight excluding hydrogens is 478 g/mol. The molecule has 0 fully saturated rings. The van der Waals surface area contributed by atoms with Gasteiger partial charge in [0, 0.05) is 0 Å². The molecule has 0 aliphatic carbocycles. The van der Waals surface area contributed by atoms with E-state index in [1.807, 2.05) is 32.9 Å². The van der Waals surface area contributed by atoms with E-state index >= 15 is 0 Å². The Morgan fingerprint density at radius 3 is 1.81 bits per heavy atom. The van der Waals surface area contributed by atoms with Crippen molar-refractivity contribution in [3.8, 4) is 11.6 Å². The van der Waals surface area contributed by atoms with E-state index in [4.69, 9.17) is 14.2 Å². The van der Waals surface area contributed by atoms with Gasteiger partial charge in [-0.15, -0.1) is 0 Å². The monoisotopic (exact) mass is 509 g/mol. The van der Waals surface area contributed by atoms with Crippen LogP contribution >= 0.6 is 15.9 Å². The van der Waals surface area contributed by atoms with Crippen molar-refractivity contribution in [2.45, 2.75) is 73.5 Å². The number of carbonyl (C=O) groups is 2. The second-order valence-electron chi connectivity index (χ2n) is 8.53. The molecule has 176 valence electrons. The Morgan fingerprint density at radius 2 is 1.38 bits per heavy atom. The number of imide groups is 1. The molecule has 0 N–H and O–H groups in total. The molecule has 0 unspecified atom stereocenters. The van der Waals surface area contributed by atoms with Gasteiger partial charge in [-0.05, 0) is 76.5 Å². The van der Waals surface area contributed by atoms with Gasteiger partial charge >= 0.3 is 12.2 Å². The van der Waals surface area contributed by atoms with Crippen LogP contribution in [0.2, 0.25) is 0 Å². The van der Waals surface area contributed by atoms with E-state index in [2.05, 4.69) is 25.9 Å². The Morgan fingerprint density at radius 1 is 0.906 bits per heavy atom. The van der Waals surface area contributed by atoms with Crippen LogP contribution in [-0.4, -0.2) is 33.4 Å². The second kappa shape index (κ2) is 11.3. The van der Waals surface area contributed by atoms with Gasteiger partial charge in [-0.3, -0.25) is 0 Å². The number of nitrogens with zero attached hydrogens (tertiary/aromatic N) is 3. The maximum atomic E-state index is 12.9. The van der Waals surface area contributed by atoms with Crippen LogP contribution < -0.4 is 9.64 Å². The molecule has 1 heterocycles. The van der Waals surface area contributed by atoms with E-state index in [0.29, 0.717) is 15.3 Å². The number of carbonyl (C=O) groups excluding carboxylic acids is 2. The van der Waals surface area contributed by atoms with Gasteiger partial charge in [-0.2, -0.15) is 4.90 Å². The molecule has 8 nitrogen and oxygen atoms in total. The molecule has 0 aliphatic heterocycles. The molecule has 2 rings (SSSR count). The van der Waals surface area contributed by atoms with Crippen molar-refractivity contribution in [1.29, 1.82) is 0 Å². The summed E-state index contributed by atoms with van der Waals surface area (Å²) < 4.78 is 17.0. The summed E-state index contributed by atoms with van der Waals surface area (Å²) in [7, 11) is 0. The van der Waals surface area contributed by atoms with Crippen molar-refractivity contribution in [3.05, 3.63) is 40.6 Å². The molecule has 9 heteroatoms. The molecule has 1 aromatic carbocycles. The van der Waals surface area contributed by atoms with Crippen molar-refractivity contribution in [1.82, 2.24) is 9.97 Å². The van der Waals surface area contributed by atoms with Gasteiger partial charge < -0.3 is 14.2 Å². The van der Waals surface area contributed by atoms with Crippen molar-refractivity contribution in [3.63, 3.8) is 0 Å². The molecule has 0 bridgehead atoms. The normalized spacial score (nSPS) is 11.1. The number of halogens is 1. The summed E-state index contributed by atoms with van der Waals surface area (Å²) in [5.41, 5.74) is -0.650. The van der Waals surface area contributed by atoms with Gasteiger partial charge in [0.25, 0.3) is 5.88 Å². The molecule has 0 aliphatic rings. The minimum atomic E-state index is -0.956. The lowest BCUT2D eigenvalue weighted by Gasteiger charge is -2.28. The highest BCUT2D eigenvalue weighted by Crippen LogP contribution is 2.32. The summed E-state index contributed by atoms with van der Waals surface area (Å²) in [6, 6.07) is 7.21. The van der Waals surface area contributed by atoms with E-state index in [0.717, 1.165) is 5.56 Å². The molecule has 0 spiro atoms. The van der Waals surface area contributed by atoms with Crippen molar-refractivity contribution >= 4 is 33.9 Å². The molecule has 0 atom stereocenters. The predicted molar refractivity (Wildman–Crippen MR) is 127 cm³/mol. The maximum Gasteiger partial charge on any atom is 0.425 e. The fourth-order valence-corrected chi connectivity index (χ4v) is 2.41. The van der Waals surface area contributed by atoms with Crippen LogP contribution in [0.4, 0.5) is 15.4 Å². The molecule has 0 radical (unpaired) electrons. The van der Waals surface area contributed by atoms with Crippen LogP contribution in [0, 0.1) is 6.92 Å². The lowest BCUT2D eigenvalue weighted by atomic mass is 10.2. The first-order chi connectivity index (χ1) is 14.7. The number of benzene rings is 1. The lowest BCUT2D eigenvalue weighted by molar-refractivity contribution is 0.0427. The third-order valence-electron chi connectivity index (χ3n) is 3.29. The smallest absolute Gasteiger partial charge is 0.425 e. The maximum absolute atomic E-state index is 12.9. The average Bonchev–Trinajstić information content (AvgIpc) is 2.64. The second-order valence-corrected chi connectivity index (χ2v) is 9.35. The number of ether oxygens (including phenoxy) is 3. The lowest BCUT2D eigenvalue weighted by Crippen LogP contribution is -2.44. The van der Waals surface area contributed by atoms with E-state index in [1.54, 1.807) is 53.7 Å². The third kappa shape index (κ3) is 8.82. The van der Waals surface area contributed by atoms with Gasteiger partial charge in [0.15, 0.2) is 0 Å². The Bertz CT molecular complexity index is 891. The zero-order valence-electron chi connectivity index (χ0n) is 20.1. The minimum absolute atomic E-state index is 0.0649.